The molecular weight excluding hydrogens is 226 g/mol. The molecule has 2 heterocycles. The number of nitrogens with zero attached hydrogens (tertiary/aromatic N) is 2. The van der Waals surface area contributed by atoms with Crippen LogP contribution in [-0.4, -0.2) is 28.6 Å². The highest BCUT2D eigenvalue weighted by molar-refractivity contribution is 5.61. The lowest BCUT2D eigenvalue weighted by Crippen LogP contribution is -2.52. The summed E-state index contributed by atoms with van der Waals surface area (Å²) in [6, 6.07) is 0. The van der Waals surface area contributed by atoms with Crippen LogP contribution in [0.3, 0.4) is 0 Å². The van der Waals surface area contributed by atoms with Gasteiger partial charge in [-0.1, -0.05) is 6.08 Å². The second kappa shape index (κ2) is 4.33. The molecule has 0 amide bonds. The molecule has 5 nitrogen and oxygen atoms in total. The number of aromatic nitrogens is 2. The summed E-state index contributed by atoms with van der Waals surface area (Å²) in [4.78, 5) is 8.31. The number of hydrogen-bond acceptors (Lipinski definition) is 5. The van der Waals surface area contributed by atoms with Gasteiger partial charge in [0.1, 0.15) is 12.1 Å². The molecule has 2 aliphatic rings. The topological polar surface area (TPSA) is 89.8 Å². The normalized spacial score (nSPS) is 28.1. The molecular formula is C13H19N5. The Morgan fingerprint density at radius 2 is 2.06 bits per heavy atom. The summed E-state index contributed by atoms with van der Waals surface area (Å²) in [5.41, 5.74) is 14.1. The van der Waals surface area contributed by atoms with Gasteiger partial charge in [0.2, 0.25) is 0 Å². The first-order valence-electron chi connectivity index (χ1n) is 6.47. The summed E-state index contributed by atoms with van der Waals surface area (Å²) in [5.74, 6) is 1.07. The molecule has 0 aromatic carbocycles. The van der Waals surface area contributed by atoms with Gasteiger partial charge in [-0.25, -0.2) is 9.97 Å². The van der Waals surface area contributed by atoms with E-state index in [-0.39, 0.29) is 5.54 Å². The molecule has 1 unspecified atom stereocenters. The highest BCUT2D eigenvalue weighted by atomic mass is 14.9. The third-order valence-electron chi connectivity index (χ3n) is 4.15. The van der Waals surface area contributed by atoms with Crippen LogP contribution in [0.4, 0.5) is 5.82 Å². The van der Waals surface area contributed by atoms with Crippen LogP contribution in [0.2, 0.25) is 0 Å². The van der Waals surface area contributed by atoms with Crippen LogP contribution in [-0.2, 0) is 6.42 Å². The number of fused-ring (bicyclic) bond motifs is 1. The summed E-state index contributed by atoms with van der Waals surface area (Å²) in [5, 5.41) is 3.37. The van der Waals surface area contributed by atoms with Gasteiger partial charge in [-0.2, -0.15) is 0 Å². The monoisotopic (exact) mass is 245 g/mol. The number of hydrogen-bond donors (Lipinski definition) is 3. The van der Waals surface area contributed by atoms with Crippen molar-refractivity contribution in [2.45, 2.75) is 24.8 Å². The molecule has 1 atom stereocenters. The maximum absolute atomic E-state index is 6.59. The molecule has 0 bridgehead atoms. The van der Waals surface area contributed by atoms with E-state index in [4.69, 9.17) is 11.5 Å². The molecule has 1 aromatic rings. The number of piperidine rings is 1. The number of nitrogens with one attached hydrogen (secondary N) is 1. The lowest BCUT2D eigenvalue weighted by atomic mass is 9.72. The SMILES string of the molecule is Nc1ncnc2c1CC(N)(C1CCNCC1)C=C2. The van der Waals surface area contributed by atoms with E-state index in [2.05, 4.69) is 21.4 Å². The van der Waals surface area contributed by atoms with Crippen molar-refractivity contribution >= 4 is 11.9 Å². The van der Waals surface area contributed by atoms with Gasteiger partial charge in [-0.15, -0.1) is 0 Å². The van der Waals surface area contributed by atoms with Crippen molar-refractivity contribution in [1.82, 2.24) is 15.3 Å². The largest absolute Gasteiger partial charge is 0.383 e. The zero-order chi connectivity index (χ0) is 12.6. The van der Waals surface area contributed by atoms with E-state index in [1.54, 1.807) is 0 Å². The Morgan fingerprint density at radius 1 is 1.28 bits per heavy atom. The molecule has 1 saturated heterocycles. The fraction of sp³-hybridized carbons (Fsp3) is 0.538. The zero-order valence-corrected chi connectivity index (χ0v) is 10.4. The molecule has 1 aromatic heterocycles. The lowest BCUT2D eigenvalue weighted by Gasteiger charge is -2.39. The first-order valence-corrected chi connectivity index (χ1v) is 6.47. The van der Waals surface area contributed by atoms with Crippen LogP contribution in [0, 0.1) is 5.92 Å². The molecule has 0 saturated carbocycles. The molecule has 96 valence electrons. The summed E-state index contributed by atoms with van der Waals surface area (Å²) in [6.07, 6.45) is 8.59. The van der Waals surface area contributed by atoms with Crippen molar-refractivity contribution in [3.05, 3.63) is 23.7 Å². The highest BCUT2D eigenvalue weighted by Crippen LogP contribution is 2.34. The molecule has 1 aliphatic carbocycles. The van der Waals surface area contributed by atoms with E-state index in [9.17, 15) is 0 Å². The van der Waals surface area contributed by atoms with Crippen LogP contribution < -0.4 is 16.8 Å². The second-order valence-corrected chi connectivity index (χ2v) is 5.27. The smallest absolute Gasteiger partial charge is 0.130 e. The zero-order valence-electron chi connectivity index (χ0n) is 10.4. The van der Waals surface area contributed by atoms with Crippen molar-refractivity contribution < 1.29 is 0 Å². The first kappa shape index (κ1) is 11.6. The third kappa shape index (κ3) is 1.89. The fourth-order valence-electron chi connectivity index (χ4n) is 3.00. The maximum Gasteiger partial charge on any atom is 0.130 e. The van der Waals surface area contributed by atoms with E-state index in [1.165, 1.54) is 6.33 Å². The van der Waals surface area contributed by atoms with Crippen molar-refractivity contribution in [1.29, 1.82) is 0 Å². The second-order valence-electron chi connectivity index (χ2n) is 5.27. The van der Waals surface area contributed by atoms with Crippen LogP contribution in [0.15, 0.2) is 12.4 Å². The molecule has 5 heteroatoms. The van der Waals surface area contributed by atoms with Gasteiger partial charge in [-0.05, 0) is 44.3 Å². The summed E-state index contributed by atoms with van der Waals surface area (Å²) < 4.78 is 0. The van der Waals surface area contributed by atoms with Gasteiger partial charge in [-0.3, -0.25) is 0 Å². The number of nitrogens with two attached hydrogens (primary N) is 2. The lowest BCUT2D eigenvalue weighted by molar-refractivity contribution is 0.257. The Balaban J connectivity index is 1.91. The van der Waals surface area contributed by atoms with Gasteiger partial charge in [0.15, 0.2) is 0 Å². The Kier molecular flexibility index (Phi) is 2.80. The molecule has 0 radical (unpaired) electrons. The average molecular weight is 245 g/mol. The molecule has 5 N–H and O–H groups in total. The van der Waals surface area contributed by atoms with Crippen LogP contribution in [0.1, 0.15) is 24.1 Å². The van der Waals surface area contributed by atoms with Crippen molar-refractivity contribution in [2.24, 2.45) is 11.7 Å². The van der Waals surface area contributed by atoms with Crippen LogP contribution >= 0.6 is 0 Å². The van der Waals surface area contributed by atoms with E-state index in [1.807, 2.05) is 6.08 Å². The first-order chi connectivity index (χ1) is 8.69. The fourth-order valence-corrected chi connectivity index (χ4v) is 3.00. The standard InChI is InChI=1S/C13H19N5/c14-12-10-7-13(15,9-2-5-16-6-3-9)4-1-11(10)17-8-18-12/h1,4,8-9,16H,2-3,5-7,15H2,(H2,14,17,18). The number of nitrogen functional groups attached to an aromatic ring is 1. The minimum Gasteiger partial charge on any atom is -0.383 e. The Hall–Kier alpha value is -1.46. The predicted octanol–water partition coefficient (Wildman–Crippen LogP) is 0.325. The van der Waals surface area contributed by atoms with Crippen molar-refractivity contribution in [3.8, 4) is 0 Å². The van der Waals surface area contributed by atoms with Gasteiger partial charge in [0.05, 0.1) is 5.69 Å². The van der Waals surface area contributed by atoms with Crippen LogP contribution in [0.25, 0.3) is 6.08 Å². The molecule has 0 spiro atoms. The molecule has 1 fully saturated rings. The average Bonchev–Trinajstić information content (AvgIpc) is 2.41. The highest BCUT2D eigenvalue weighted by Gasteiger charge is 2.36. The van der Waals surface area contributed by atoms with E-state index in [0.717, 1.165) is 43.6 Å². The third-order valence-corrected chi connectivity index (χ3v) is 4.15. The summed E-state index contributed by atoms with van der Waals surface area (Å²) >= 11 is 0. The Morgan fingerprint density at radius 3 is 2.83 bits per heavy atom. The van der Waals surface area contributed by atoms with E-state index >= 15 is 0 Å². The molecule has 18 heavy (non-hydrogen) atoms. The Bertz CT molecular complexity index is 478. The van der Waals surface area contributed by atoms with Crippen molar-refractivity contribution in [2.75, 3.05) is 18.8 Å². The summed E-state index contributed by atoms with van der Waals surface area (Å²) in [7, 11) is 0. The molecule has 3 rings (SSSR count). The van der Waals surface area contributed by atoms with E-state index < -0.39 is 0 Å². The van der Waals surface area contributed by atoms with Crippen molar-refractivity contribution in [3.63, 3.8) is 0 Å². The van der Waals surface area contributed by atoms with E-state index in [0.29, 0.717) is 11.7 Å². The predicted molar refractivity (Wildman–Crippen MR) is 71.7 cm³/mol. The van der Waals surface area contributed by atoms with Gasteiger partial charge in [0, 0.05) is 11.1 Å². The molecule has 1 aliphatic heterocycles. The van der Waals surface area contributed by atoms with Gasteiger partial charge >= 0.3 is 0 Å². The quantitative estimate of drug-likeness (QED) is 0.663. The van der Waals surface area contributed by atoms with Gasteiger partial charge < -0.3 is 16.8 Å². The minimum absolute atomic E-state index is 0.298. The van der Waals surface area contributed by atoms with Gasteiger partial charge in [0.25, 0.3) is 0 Å². The number of anilines is 1. The Labute approximate surface area is 107 Å². The summed E-state index contributed by atoms with van der Waals surface area (Å²) in [6.45, 7) is 2.09. The number of rotatable bonds is 1. The maximum atomic E-state index is 6.59. The van der Waals surface area contributed by atoms with Crippen LogP contribution in [0.5, 0.6) is 0 Å². The minimum atomic E-state index is -0.298.